The van der Waals surface area contributed by atoms with Gasteiger partial charge in [0.15, 0.2) is 0 Å². The molecule has 5 nitrogen and oxygen atoms in total. The van der Waals surface area contributed by atoms with Crippen molar-refractivity contribution < 1.29 is 9.64 Å². The van der Waals surface area contributed by atoms with Crippen molar-refractivity contribution in [2.75, 3.05) is 44.7 Å². The van der Waals surface area contributed by atoms with Crippen LogP contribution in [0.2, 0.25) is 0 Å². The van der Waals surface area contributed by atoms with Crippen LogP contribution in [0.25, 0.3) is 0 Å². The molecular formula is C13H23N4O+. The van der Waals surface area contributed by atoms with E-state index >= 15 is 0 Å². The van der Waals surface area contributed by atoms with Crippen LogP contribution in [-0.2, 0) is 4.74 Å². The standard InChI is InChI=1S/C13H22N4O/c1-11-10-12(2)16-13(15-11)14-4-3-5-17-6-8-18-9-7-17/h10H,3-9H2,1-2H3,(H,14,15,16)/p+1. The van der Waals surface area contributed by atoms with Crippen molar-refractivity contribution in [3.8, 4) is 0 Å². The molecular weight excluding hydrogens is 228 g/mol. The van der Waals surface area contributed by atoms with Crippen molar-refractivity contribution in [1.29, 1.82) is 0 Å². The van der Waals surface area contributed by atoms with E-state index in [2.05, 4.69) is 15.3 Å². The molecule has 100 valence electrons. The molecule has 1 saturated heterocycles. The first kappa shape index (κ1) is 13.2. The number of hydrogen-bond acceptors (Lipinski definition) is 4. The summed E-state index contributed by atoms with van der Waals surface area (Å²) >= 11 is 0. The molecule has 0 aromatic carbocycles. The maximum absolute atomic E-state index is 5.35. The third kappa shape index (κ3) is 4.23. The Morgan fingerprint density at radius 3 is 2.56 bits per heavy atom. The molecule has 1 aromatic rings. The zero-order valence-electron chi connectivity index (χ0n) is 11.3. The highest BCUT2D eigenvalue weighted by Crippen LogP contribution is 2.03. The van der Waals surface area contributed by atoms with Crippen LogP contribution >= 0.6 is 0 Å². The van der Waals surface area contributed by atoms with E-state index in [-0.39, 0.29) is 0 Å². The lowest BCUT2D eigenvalue weighted by Gasteiger charge is -2.23. The van der Waals surface area contributed by atoms with Crippen LogP contribution < -0.4 is 10.2 Å². The Labute approximate surface area is 109 Å². The molecule has 1 fully saturated rings. The average Bonchev–Trinajstić information content (AvgIpc) is 2.35. The van der Waals surface area contributed by atoms with E-state index in [1.165, 1.54) is 6.54 Å². The van der Waals surface area contributed by atoms with E-state index in [1.54, 1.807) is 4.90 Å². The van der Waals surface area contributed by atoms with Gasteiger partial charge < -0.3 is 15.0 Å². The monoisotopic (exact) mass is 251 g/mol. The summed E-state index contributed by atoms with van der Waals surface area (Å²) < 4.78 is 5.35. The SMILES string of the molecule is Cc1cc(C)nc(NCCC[NH+]2CCOCC2)n1. The summed E-state index contributed by atoms with van der Waals surface area (Å²) in [5, 5.41) is 3.30. The summed E-state index contributed by atoms with van der Waals surface area (Å²) in [7, 11) is 0. The molecule has 0 aliphatic carbocycles. The third-order valence-electron chi connectivity index (χ3n) is 3.17. The smallest absolute Gasteiger partial charge is 0.223 e. The van der Waals surface area contributed by atoms with Gasteiger partial charge in [-0.15, -0.1) is 0 Å². The van der Waals surface area contributed by atoms with E-state index in [0.717, 1.165) is 56.6 Å². The fourth-order valence-electron chi connectivity index (χ4n) is 2.25. The van der Waals surface area contributed by atoms with Crippen molar-refractivity contribution in [2.24, 2.45) is 0 Å². The van der Waals surface area contributed by atoms with E-state index in [9.17, 15) is 0 Å². The fourth-order valence-corrected chi connectivity index (χ4v) is 2.25. The van der Waals surface area contributed by atoms with Crippen molar-refractivity contribution in [1.82, 2.24) is 9.97 Å². The molecule has 0 radical (unpaired) electrons. The predicted molar refractivity (Wildman–Crippen MR) is 71.0 cm³/mol. The minimum atomic E-state index is 0.754. The summed E-state index contributed by atoms with van der Waals surface area (Å²) in [5.74, 6) is 0.754. The lowest BCUT2D eigenvalue weighted by molar-refractivity contribution is -0.908. The molecule has 0 amide bonds. The van der Waals surface area contributed by atoms with Crippen LogP contribution in [0.5, 0.6) is 0 Å². The van der Waals surface area contributed by atoms with E-state index in [1.807, 2.05) is 19.9 Å². The quantitative estimate of drug-likeness (QED) is 0.712. The highest BCUT2D eigenvalue weighted by atomic mass is 16.5. The minimum Gasteiger partial charge on any atom is -0.370 e. The van der Waals surface area contributed by atoms with Gasteiger partial charge in [0, 0.05) is 24.4 Å². The molecule has 0 saturated carbocycles. The molecule has 0 spiro atoms. The Morgan fingerprint density at radius 2 is 1.89 bits per heavy atom. The second-order valence-electron chi connectivity index (χ2n) is 4.87. The highest BCUT2D eigenvalue weighted by molar-refractivity contribution is 5.27. The Bertz CT molecular complexity index is 357. The van der Waals surface area contributed by atoms with E-state index in [0.29, 0.717) is 0 Å². The van der Waals surface area contributed by atoms with Crippen LogP contribution in [0.3, 0.4) is 0 Å². The molecule has 1 aliphatic heterocycles. The van der Waals surface area contributed by atoms with Crippen LogP contribution in [0, 0.1) is 13.8 Å². The maximum atomic E-state index is 5.35. The molecule has 0 bridgehead atoms. The fraction of sp³-hybridized carbons (Fsp3) is 0.692. The molecule has 0 unspecified atom stereocenters. The van der Waals surface area contributed by atoms with Gasteiger partial charge >= 0.3 is 0 Å². The van der Waals surface area contributed by atoms with Crippen molar-refractivity contribution >= 4 is 5.95 Å². The van der Waals surface area contributed by atoms with Gasteiger partial charge in [0.2, 0.25) is 5.95 Å². The Balaban J connectivity index is 1.68. The Morgan fingerprint density at radius 1 is 1.22 bits per heavy atom. The minimum absolute atomic E-state index is 0.754. The highest BCUT2D eigenvalue weighted by Gasteiger charge is 2.12. The molecule has 1 aliphatic rings. The third-order valence-corrected chi connectivity index (χ3v) is 3.17. The zero-order valence-corrected chi connectivity index (χ0v) is 11.3. The number of quaternary nitrogens is 1. The largest absolute Gasteiger partial charge is 0.370 e. The molecule has 1 aromatic heterocycles. The van der Waals surface area contributed by atoms with Crippen LogP contribution in [0.1, 0.15) is 17.8 Å². The number of rotatable bonds is 5. The average molecular weight is 251 g/mol. The molecule has 18 heavy (non-hydrogen) atoms. The van der Waals surface area contributed by atoms with Gasteiger partial charge in [0.25, 0.3) is 0 Å². The molecule has 2 N–H and O–H groups in total. The number of nitrogens with one attached hydrogen (secondary N) is 2. The Kier molecular flexibility index (Phi) is 4.90. The van der Waals surface area contributed by atoms with E-state index < -0.39 is 0 Å². The maximum Gasteiger partial charge on any atom is 0.223 e. The number of ether oxygens (including phenoxy) is 1. The van der Waals surface area contributed by atoms with Gasteiger partial charge in [-0.2, -0.15) is 0 Å². The van der Waals surface area contributed by atoms with Crippen LogP contribution in [0.15, 0.2) is 6.07 Å². The summed E-state index contributed by atoms with van der Waals surface area (Å²) in [6, 6.07) is 1.99. The topological polar surface area (TPSA) is 51.5 Å². The van der Waals surface area contributed by atoms with E-state index in [4.69, 9.17) is 4.74 Å². The number of nitrogens with zero attached hydrogens (tertiary/aromatic N) is 2. The first-order valence-electron chi connectivity index (χ1n) is 6.71. The van der Waals surface area contributed by atoms with Crippen molar-refractivity contribution in [3.05, 3.63) is 17.5 Å². The molecule has 2 heterocycles. The second-order valence-corrected chi connectivity index (χ2v) is 4.87. The van der Waals surface area contributed by atoms with Crippen molar-refractivity contribution in [3.63, 3.8) is 0 Å². The van der Waals surface area contributed by atoms with Gasteiger partial charge in [0.05, 0.1) is 19.8 Å². The normalized spacial score (nSPS) is 16.8. The van der Waals surface area contributed by atoms with Crippen LogP contribution in [0.4, 0.5) is 5.95 Å². The number of anilines is 1. The Hall–Kier alpha value is -1.20. The zero-order chi connectivity index (χ0) is 12.8. The number of hydrogen-bond donors (Lipinski definition) is 2. The van der Waals surface area contributed by atoms with Gasteiger partial charge in [-0.05, 0) is 19.9 Å². The summed E-state index contributed by atoms with van der Waals surface area (Å²) in [5.41, 5.74) is 2.03. The lowest BCUT2D eigenvalue weighted by Crippen LogP contribution is -3.14. The van der Waals surface area contributed by atoms with Crippen molar-refractivity contribution in [2.45, 2.75) is 20.3 Å². The first-order chi connectivity index (χ1) is 8.74. The molecule has 2 rings (SSSR count). The number of aryl methyl sites for hydroxylation is 2. The number of aromatic nitrogens is 2. The van der Waals surface area contributed by atoms with Gasteiger partial charge in [-0.1, -0.05) is 0 Å². The van der Waals surface area contributed by atoms with Gasteiger partial charge in [-0.25, -0.2) is 9.97 Å². The first-order valence-corrected chi connectivity index (χ1v) is 6.71. The second kappa shape index (κ2) is 6.66. The lowest BCUT2D eigenvalue weighted by atomic mass is 10.3. The summed E-state index contributed by atoms with van der Waals surface area (Å²) in [6.45, 7) is 10.2. The van der Waals surface area contributed by atoms with Gasteiger partial charge in [0.1, 0.15) is 13.1 Å². The molecule has 5 heteroatoms. The summed E-state index contributed by atoms with van der Waals surface area (Å²) in [6.07, 6.45) is 1.14. The van der Waals surface area contributed by atoms with Crippen LogP contribution in [-0.4, -0.2) is 49.4 Å². The summed E-state index contributed by atoms with van der Waals surface area (Å²) in [4.78, 5) is 10.4. The number of morpholine rings is 1. The predicted octanol–water partition coefficient (Wildman–Crippen LogP) is -0.189. The van der Waals surface area contributed by atoms with Gasteiger partial charge in [-0.3, -0.25) is 0 Å². The molecule has 0 atom stereocenters.